The molecule has 0 bridgehead atoms. The van der Waals surface area contributed by atoms with Gasteiger partial charge >= 0.3 is 0 Å². The number of rotatable bonds is 3. The van der Waals surface area contributed by atoms with Gasteiger partial charge in [-0.1, -0.05) is 0 Å². The molecule has 2 nitrogen and oxygen atoms in total. The lowest BCUT2D eigenvalue weighted by molar-refractivity contribution is 0.0950. The summed E-state index contributed by atoms with van der Waals surface area (Å²) in [7, 11) is 2.18. The molecule has 0 N–H and O–H groups in total. The van der Waals surface area contributed by atoms with Crippen molar-refractivity contribution in [3.05, 3.63) is 0 Å². The maximum atomic E-state index is 5.35. The standard InChI is InChI=1S/C8H17NO/c1-3-10-7-8-5-4-6-9(8)2/h8H,3-7H2,1-2H3/t8-/m1/s1. The van der Waals surface area contributed by atoms with Crippen molar-refractivity contribution in [1.82, 2.24) is 4.90 Å². The smallest absolute Gasteiger partial charge is 0.0621 e. The lowest BCUT2D eigenvalue weighted by Gasteiger charge is -2.18. The summed E-state index contributed by atoms with van der Waals surface area (Å²) in [6, 6.07) is 0.694. The van der Waals surface area contributed by atoms with Crippen molar-refractivity contribution < 1.29 is 4.74 Å². The molecule has 0 aromatic rings. The van der Waals surface area contributed by atoms with Crippen molar-refractivity contribution >= 4 is 0 Å². The fraction of sp³-hybridized carbons (Fsp3) is 1.00. The summed E-state index contributed by atoms with van der Waals surface area (Å²) >= 11 is 0. The van der Waals surface area contributed by atoms with Crippen molar-refractivity contribution in [3.63, 3.8) is 0 Å². The van der Waals surface area contributed by atoms with Crippen LogP contribution in [0.2, 0.25) is 0 Å². The van der Waals surface area contributed by atoms with Crippen LogP contribution in [0.25, 0.3) is 0 Å². The number of likely N-dealkylation sites (N-methyl/N-ethyl adjacent to an activating group) is 1. The average molecular weight is 143 g/mol. The molecule has 1 aliphatic heterocycles. The quantitative estimate of drug-likeness (QED) is 0.587. The molecule has 1 fully saturated rings. The van der Waals surface area contributed by atoms with Crippen molar-refractivity contribution in [2.24, 2.45) is 0 Å². The summed E-state index contributed by atoms with van der Waals surface area (Å²) in [5.74, 6) is 0. The van der Waals surface area contributed by atoms with Gasteiger partial charge in [-0.25, -0.2) is 0 Å². The number of ether oxygens (including phenoxy) is 1. The van der Waals surface area contributed by atoms with Gasteiger partial charge in [-0.3, -0.25) is 0 Å². The molecule has 0 aromatic heterocycles. The molecule has 0 aromatic carbocycles. The molecule has 0 aliphatic carbocycles. The van der Waals surface area contributed by atoms with E-state index in [0.717, 1.165) is 13.2 Å². The van der Waals surface area contributed by atoms with Crippen LogP contribution >= 0.6 is 0 Å². The third-order valence-corrected chi connectivity index (χ3v) is 2.19. The average Bonchev–Trinajstić information content (AvgIpc) is 2.31. The van der Waals surface area contributed by atoms with Crippen molar-refractivity contribution in [3.8, 4) is 0 Å². The fourth-order valence-corrected chi connectivity index (χ4v) is 1.44. The molecule has 1 saturated heterocycles. The lowest BCUT2D eigenvalue weighted by Crippen LogP contribution is -2.29. The lowest BCUT2D eigenvalue weighted by atomic mass is 10.2. The first-order valence-electron chi connectivity index (χ1n) is 4.12. The van der Waals surface area contributed by atoms with Crippen LogP contribution in [-0.2, 0) is 4.74 Å². The Kier molecular flexibility index (Phi) is 3.16. The molecular weight excluding hydrogens is 126 g/mol. The Labute approximate surface area is 63.2 Å². The van der Waals surface area contributed by atoms with Gasteiger partial charge < -0.3 is 9.64 Å². The molecule has 1 heterocycles. The van der Waals surface area contributed by atoms with E-state index in [-0.39, 0.29) is 0 Å². The van der Waals surface area contributed by atoms with E-state index in [1.54, 1.807) is 0 Å². The van der Waals surface area contributed by atoms with Crippen LogP contribution in [0.4, 0.5) is 0 Å². The predicted molar refractivity (Wildman–Crippen MR) is 42.1 cm³/mol. The largest absolute Gasteiger partial charge is 0.380 e. The Morgan fingerprint density at radius 2 is 2.40 bits per heavy atom. The normalized spacial score (nSPS) is 27.6. The second-order valence-electron chi connectivity index (χ2n) is 2.94. The van der Waals surface area contributed by atoms with E-state index >= 15 is 0 Å². The minimum Gasteiger partial charge on any atom is -0.380 e. The third-order valence-electron chi connectivity index (χ3n) is 2.19. The number of hydrogen-bond donors (Lipinski definition) is 0. The highest BCUT2D eigenvalue weighted by molar-refractivity contribution is 4.75. The van der Waals surface area contributed by atoms with Crippen molar-refractivity contribution in [2.45, 2.75) is 25.8 Å². The summed E-state index contributed by atoms with van der Waals surface area (Å²) in [6.07, 6.45) is 2.66. The predicted octanol–water partition coefficient (Wildman–Crippen LogP) is 1.12. The molecular formula is C8H17NO. The first kappa shape index (κ1) is 8.02. The molecule has 0 unspecified atom stereocenters. The Morgan fingerprint density at radius 3 is 2.90 bits per heavy atom. The maximum Gasteiger partial charge on any atom is 0.0621 e. The monoisotopic (exact) mass is 143 g/mol. The Balaban J connectivity index is 2.14. The first-order chi connectivity index (χ1) is 4.84. The minimum absolute atomic E-state index is 0.694. The second-order valence-corrected chi connectivity index (χ2v) is 2.94. The highest BCUT2D eigenvalue weighted by Crippen LogP contribution is 2.14. The van der Waals surface area contributed by atoms with Gasteiger partial charge in [0.05, 0.1) is 6.61 Å². The van der Waals surface area contributed by atoms with Gasteiger partial charge in [0.15, 0.2) is 0 Å². The molecule has 0 saturated carbocycles. The highest BCUT2D eigenvalue weighted by atomic mass is 16.5. The van der Waals surface area contributed by atoms with Gasteiger partial charge in [-0.05, 0) is 33.4 Å². The van der Waals surface area contributed by atoms with Gasteiger partial charge in [-0.15, -0.1) is 0 Å². The topological polar surface area (TPSA) is 12.5 Å². The van der Waals surface area contributed by atoms with E-state index < -0.39 is 0 Å². The van der Waals surface area contributed by atoms with Crippen LogP contribution in [0.15, 0.2) is 0 Å². The van der Waals surface area contributed by atoms with Crippen LogP contribution in [0.3, 0.4) is 0 Å². The van der Waals surface area contributed by atoms with Gasteiger partial charge in [0.25, 0.3) is 0 Å². The van der Waals surface area contributed by atoms with E-state index in [2.05, 4.69) is 18.9 Å². The van der Waals surface area contributed by atoms with Gasteiger partial charge in [-0.2, -0.15) is 0 Å². The van der Waals surface area contributed by atoms with Crippen molar-refractivity contribution in [2.75, 3.05) is 26.8 Å². The zero-order valence-electron chi connectivity index (χ0n) is 6.97. The second kappa shape index (κ2) is 3.94. The summed E-state index contributed by atoms with van der Waals surface area (Å²) in [5.41, 5.74) is 0. The van der Waals surface area contributed by atoms with Gasteiger partial charge in [0, 0.05) is 12.6 Å². The molecule has 1 aliphatic rings. The molecule has 0 spiro atoms. The third kappa shape index (κ3) is 1.96. The molecule has 0 radical (unpaired) electrons. The van der Waals surface area contributed by atoms with E-state index in [0.29, 0.717) is 6.04 Å². The van der Waals surface area contributed by atoms with E-state index in [4.69, 9.17) is 4.74 Å². The number of hydrogen-bond acceptors (Lipinski definition) is 2. The summed E-state index contributed by atoms with van der Waals surface area (Å²) in [4.78, 5) is 2.38. The van der Waals surface area contributed by atoms with E-state index in [9.17, 15) is 0 Å². The molecule has 2 heteroatoms. The Morgan fingerprint density at radius 1 is 1.60 bits per heavy atom. The Bertz CT molecular complexity index is 95.3. The van der Waals surface area contributed by atoms with Crippen LogP contribution in [-0.4, -0.2) is 37.7 Å². The summed E-state index contributed by atoms with van der Waals surface area (Å²) in [6.45, 7) is 5.07. The molecule has 1 rings (SSSR count). The van der Waals surface area contributed by atoms with Crippen molar-refractivity contribution in [1.29, 1.82) is 0 Å². The Hall–Kier alpha value is -0.0800. The van der Waals surface area contributed by atoms with Crippen LogP contribution in [0, 0.1) is 0 Å². The van der Waals surface area contributed by atoms with Crippen LogP contribution in [0.1, 0.15) is 19.8 Å². The zero-order valence-corrected chi connectivity index (χ0v) is 6.97. The van der Waals surface area contributed by atoms with Gasteiger partial charge in [0.2, 0.25) is 0 Å². The summed E-state index contributed by atoms with van der Waals surface area (Å²) < 4.78 is 5.35. The van der Waals surface area contributed by atoms with E-state index in [1.165, 1.54) is 19.4 Å². The maximum absolute atomic E-state index is 5.35. The van der Waals surface area contributed by atoms with Crippen LogP contribution in [0.5, 0.6) is 0 Å². The minimum atomic E-state index is 0.694. The van der Waals surface area contributed by atoms with Gasteiger partial charge in [0.1, 0.15) is 0 Å². The molecule has 10 heavy (non-hydrogen) atoms. The number of nitrogens with zero attached hydrogens (tertiary/aromatic N) is 1. The fourth-order valence-electron chi connectivity index (χ4n) is 1.44. The van der Waals surface area contributed by atoms with Crippen LogP contribution < -0.4 is 0 Å². The first-order valence-corrected chi connectivity index (χ1v) is 4.12. The number of likely N-dealkylation sites (tertiary alicyclic amines) is 1. The highest BCUT2D eigenvalue weighted by Gasteiger charge is 2.19. The zero-order chi connectivity index (χ0) is 7.40. The molecule has 60 valence electrons. The van der Waals surface area contributed by atoms with E-state index in [1.807, 2.05) is 0 Å². The summed E-state index contributed by atoms with van der Waals surface area (Å²) in [5, 5.41) is 0. The SMILES string of the molecule is CCOC[C@H]1CCCN1C. The molecule has 0 amide bonds. The molecule has 1 atom stereocenters.